The van der Waals surface area contributed by atoms with E-state index >= 15 is 0 Å². The molecule has 6 heteroatoms. The summed E-state index contributed by atoms with van der Waals surface area (Å²) in [6, 6.07) is 22.4. The molecule has 0 unspecified atom stereocenters. The van der Waals surface area contributed by atoms with Gasteiger partial charge in [-0.05, 0) is 55.0 Å². The van der Waals surface area contributed by atoms with Crippen molar-refractivity contribution in [2.24, 2.45) is 5.92 Å². The number of hydrogen-bond acceptors (Lipinski definition) is 3. The second-order valence-corrected chi connectivity index (χ2v) is 9.74. The fourth-order valence-corrected chi connectivity index (χ4v) is 5.39. The van der Waals surface area contributed by atoms with Gasteiger partial charge in [0.1, 0.15) is 5.00 Å². The van der Waals surface area contributed by atoms with Crippen LogP contribution in [0, 0.1) is 12.8 Å². The zero-order valence-electron chi connectivity index (χ0n) is 18.7. The van der Waals surface area contributed by atoms with Crippen LogP contribution in [0.4, 0.5) is 0 Å². The lowest BCUT2D eigenvalue weighted by Gasteiger charge is -2.31. The van der Waals surface area contributed by atoms with Gasteiger partial charge in [-0.2, -0.15) is 0 Å². The molecular weight excluding hydrogens is 430 g/mol. The molecule has 5 nitrogen and oxygen atoms in total. The van der Waals surface area contributed by atoms with Gasteiger partial charge in [-0.25, -0.2) is 0 Å². The summed E-state index contributed by atoms with van der Waals surface area (Å²) in [6.07, 6.45) is 3.70. The predicted molar refractivity (Wildman–Crippen MR) is 133 cm³/mol. The molecule has 5 rings (SSSR count). The first-order valence-corrected chi connectivity index (χ1v) is 12.2. The molecule has 3 heterocycles. The monoisotopic (exact) mass is 457 g/mol. The van der Waals surface area contributed by atoms with E-state index in [1.165, 1.54) is 22.3 Å². The molecule has 0 spiro atoms. The number of thiophene rings is 1. The highest BCUT2D eigenvalue weighted by Crippen LogP contribution is 2.28. The van der Waals surface area contributed by atoms with Crippen LogP contribution < -0.4 is 5.32 Å². The molecule has 0 aliphatic carbocycles. The van der Waals surface area contributed by atoms with Gasteiger partial charge >= 0.3 is 0 Å². The van der Waals surface area contributed by atoms with Gasteiger partial charge in [0.05, 0.1) is 16.3 Å². The summed E-state index contributed by atoms with van der Waals surface area (Å²) in [7, 11) is 0. The van der Waals surface area contributed by atoms with Crippen molar-refractivity contribution in [3.63, 3.8) is 0 Å². The van der Waals surface area contributed by atoms with E-state index in [9.17, 15) is 9.59 Å². The summed E-state index contributed by atoms with van der Waals surface area (Å²) in [5.41, 5.74) is 3.41. The zero-order valence-corrected chi connectivity index (χ0v) is 19.5. The van der Waals surface area contributed by atoms with Gasteiger partial charge in [-0.1, -0.05) is 48.0 Å². The fraction of sp³-hybridized carbons (Fsp3) is 0.259. The normalized spacial score (nSPS) is 16.2. The standard InChI is InChI=1S/C27H27N3O2S/c1-19-8-10-20(11-9-19)17-28-26(31)22-6-4-15-29(18-22)27(32)24-12-13-25(33-24)30-16-14-21-5-2-3-7-23(21)30/h2-3,5,7-14,16,22H,4,6,15,17-18H2,1H3,(H,28,31)/t22-/m0/s1. The van der Waals surface area contributed by atoms with Crippen molar-refractivity contribution in [2.45, 2.75) is 26.3 Å². The fourth-order valence-electron chi connectivity index (χ4n) is 4.42. The van der Waals surface area contributed by atoms with Crippen molar-refractivity contribution in [1.29, 1.82) is 0 Å². The number of amides is 2. The molecule has 2 aromatic carbocycles. The smallest absolute Gasteiger partial charge is 0.264 e. The Labute approximate surface area is 197 Å². The number of likely N-dealkylation sites (tertiary alicyclic amines) is 1. The Morgan fingerprint density at radius 1 is 1.03 bits per heavy atom. The third kappa shape index (κ3) is 4.57. The van der Waals surface area contributed by atoms with E-state index in [2.05, 4.69) is 28.1 Å². The minimum absolute atomic E-state index is 0.0127. The Hall–Kier alpha value is -3.38. The Kier molecular flexibility index (Phi) is 6.01. The minimum Gasteiger partial charge on any atom is -0.352 e. The van der Waals surface area contributed by atoms with Gasteiger partial charge in [-0.3, -0.25) is 9.59 Å². The SMILES string of the molecule is Cc1ccc(CNC(=O)[C@H]2CCCN(C(=O)c3ccc(-n4ccc5ccccc54)s3)C2)cc1. The summed E-state index contributed by atoms with van der Waals surface area (Å²) in [4.78, 5) is 28.5. The number of fused-ring (bicyclic) bond motifs is 1. The van der Waals surface area contributed by atoms with Gasteiger partial charge in [0.15, 0.2) is 0 Å². The van der Waals surface area contributed by atoms with Gasteiger partial charge in [0.2, 0.25) is 5.91 Å². The molecule has 1 fully saturated rings. The number of hydrogen-bond donors (Lipinski definition) is 1. The number of rotatable bonds is 5. The summed E-state index contributed by atoms with van der Waals surface area (Å²) in [5.74, 6) is -0.126. The molecule has 1 N–H and O–H groups in total. The first-order valence-electron chi connectivity index (χ1n) is 11.4. The third-order valence-electron chi connectivity index (χ3n) is 6.31. The maximum absolute atomic E-state index is 13.2. The van der Waals surface area contributed by atoms with Crippen LogP contribution in [0.3, 0.4) is 0 Å². The summed E-state index contributed by atoms with van der Waals surface area (Å²) in [6.45, 7) is 3.73. The Balaban J connectivity index is 1.24. The van der Waals surface area contributed by atoms with Crippen molar-refractivity contribution in [2.75, 3.05) is 13.1 Å². The molecule has 4 aromatic rings. The highest BCUT2D eigenvalue weighted by molar-refractivity contribution is 7.16. The van der Waals surface area contributed by atoms with Crippen LogP contribution >= 0.6 is 11.3 Å². The summed E-state index contributed by atoms with van der Waals surface area (Å²) >= 11 is 1.50. The number of carbonyl (C=O) groups excluding carboxylic acids is 2. The average molecular weight is 458 g/mol. The van der Waals surface area contributed by atoms with E-state index in [0.717, 1.165) is 28.9 Å². The van der Waals surface area contributed by atoms with E-state index < -0.39 is 0 Å². The summed E-state index contributed by atoms with van der Waals surface area (Å²) in [5, 5.41) is 5.24. The van der Waals surface area contributed by atoms with E-state index in [-0.39, 0.29) is 17.7 Å². The van der Waals surface area contributed by atoms with E-state index in [1.807, 2.05) is 66.6 Å². The van der Waals surface area contributed by atoms with Crippen molar-refractivity contribution in [3.8, 4) is 5.00 Å². The molecule has 1 saturated heterocycles. The van der Waals surface area contributed by atoms with Gasteiger partial charge in [-0.15, -0.1) is 11.3 Å². The molecule has 168 valence electrons. The van der Waals surface area contributed by atoms with Crippen molar-refractivity contribution in [1.82, 2.24) is 14.8 Å². The lowest BCUT2D eigenvalue weighted by molar-refractivity contribution is -0.126. The van der Waals surface area contributed by atoms with Crippen molar-refractivity contribution < 1.29 is 9.59 Å². The molecule has 0 saturated carbocycles. The molecule has 0 bridgehead atoms. The molecule has 2 aromatic heterocycles. The van der Waals surface area contributed by atoms with Gasteiger partial charge < -0.3 is 14.8 Å². The van der Waals surface area contributed by atoms with E-state index in [4.69, 9.17) is 0 Å². The van der Waals surface area contributed by atoms with Crippen LogP contribution in [-0.2, 0) is 11.3 Å². The van der Waals surface area contributed by atoms with Crippen LogP contribution in [-0.4, -0.2) is 34.4 Å². The number of nitrogens with one attached hydrogen (secondary N) is 1. The van der Waals surface area contributed by atoms with Crippen LogP contribution in [0.25, 0.3) is 15.9 Å². The highest BCUT2D eigenvalue weighted by Gasteiger charge is 2.29. The number of benzene rings is 2. The lowest BCUT2D eigenvalue weighted by atomic mass is 9.97. The number of piperidine rings is 1. The number of carbonyl (C=O) groups is 2. The quantitative estimate of drug-likeness (QED) is 0.450. The maximum atomic E-state index is 13.2. The molecule has 1 atom stereocenters. The first-order chi connectivity index (χ1) is 16.1. The molecular formula is C27H27N3O2S. The first kappa shape index (κ1) is 21.5. The third-order valence-corrected chi connectivity index (χ3v) is 7.38. The predicted octanol–water partition coefficient (Wildman–Crippen LogP) is 5.17. The van der Waals surface area contributed by atoms with Crippen LogP contribution in [0.2, 0.25) is 0 Å². The van der Waals surface area contributed by atoms with E-state index in [1.54, 1.807) is 0 Å². The van der Waals surface area contributed by atoms with E-state index in [0.29, 0.717) is 24.5 Å². The highest BCUT2D eigenvalue weighted by atomic mass is 32.1. The van der Waals surface area contributed by atoms with Crippen LogP contribution in [0.5, 0.6) is 0 Å². The molecule has 1 aliphatic rings. The minimum atomic E-state index is -0.166. The van der Waals surface area contributed by atoms with Crippen molar-refractivity contribution in [3.05, 3.63) is 88.9 Å². The second-order valence-electron chi connectivity index (χ2n) is 8.68. The number of nitrogens with zero attached hydrogens (tertiary/aromatic N) is 2. The zero-order chi connectivity index (χ0) is 22.8. The lowest BCUT2D eigenvalue weighted by Crippen LogP contribution is -2.45. The van der Waals surface area contributed by atoms with Gasteiger partial charge in [0, 0.05) is 25.8 Å². The van der Waals surface area contributed by atoms with Crippen LogP contribution in [0.15, 0.2) is 72.9 Å². The molecule has 0 radical (unpaired) electrons. The Bertz CT molecular complexity index is 1290. The number of aromatic nitrogens is 1. The largest absolute Gasteiger partial charge is 0.352 e. The van der Waals surface area contributed by atoms with Crippen LogP contribution in [0.1, 0.15) is 33.6 Å². The number of aryl methyl sites for hydroxylation is 1. The van der Waals surface area contributed by atoms with Crippen molar-refractivity contribution >= 4 is 34.1 Å². The molecule has 2 amide bonds. The molecule has 1 aliphatic heterocycles. The number of para-hydroxylation sites is 1. The second kappa shape index (κ2) is 9.24. The molecule has 33 heavy (non-hydrogen) atoms. The Morgan fingerprint density at radius 2 is 1.85 bits per heavy atom. The van der Waals surface area contributed by atoms with Gasteiger partial charge in [0.25, 0.3) is 5.91 Å². The average Bonchev–Trinajstić information content (AvgIpc) is 3.50. The maximum Gasteiger partial charge on any atom is 0.264 e. The topological polar surface area (TPSA) is 54.3 Å². The Morgan fingerprint density at radius 3 is 2.70 bits per heavy atom. The summed E-state index contributed by atoms with van der Waals surface area (Å²) < 4.78 is 2.12.